The average Bonchev–Trinajstić information content (AvgIpc) is 2.26. The smallest absolute Gasteiger partial charge is 0.0137 e. The first-order valence-corrected chi connectivity index (χ1v) is 3.08. The van der Waals surface area contributed by atoms with Crippen LogP contribution in [0, 0.1) is 11.8 Å². The van der Waals surface area contributed by atoms with Crippen LogP contribution >= 0.6 is 0 Å². The largest absolute Gasteiger partial charge is 0.0993 e. The average molecular weight is 94.2 g/mol. The molecule has 2 saturated carbocycles. The number of allylic oxidation sites excluding steroid dienone is 1. The van der Waals surface area contributed by atoms with Crippen molar-refractivity contribution in [2.24, 2.45) is 11.8 Å². The van der Waals surface area contributed by atoms with Gasteiger partial charge in [0, 0.05) is 0 Å². The fourth-order valence-corrected chi connectivity index (χ4v) is 1.78. The van der Waals surface area contributed by atoms with Crippen LogP contribution in [0.4, 0.5) is 0 Å². The van der Waals surface area contributed by atoms with Crippen LogP contribution in [-0.2, 0) is 0 Å². The van der Waals surface area contributed by atoms with E-state index in [4.69, 9.17) is 0 Å². The number of fused-ring (bicyclic) bond motifs is 1. The molecule has 0 heterocycles. The molecule has 0 N–H and O–H groups in total. The molecule has 0 amide bonds. The Morgan fingerprint density at radius 3 is 2.14 bits per heavy atom. The van der Waals surface area contributed by atoms with Crippen LogP contribution in [0.15, 0.2) is 12.2 Å². The molecular weight excluding hydrogens is 84.1 g/mol. The van der Waals surface area contributed by atoms with Crippen LogP contribution < -0.4 is 0 Å². The van der Waals surface area contributed by atoms with Crippen molar-refractivity contribution in [2.75, 3.05) is 0 Å². The van der Waals surface area contributed by atoms with Crippen LogP contribution in [0.3, 0.4) is 0 Å². The second kappa shape index (κ2) is 0.936. The molecular formula is C7H10. The maximum absolute atomic E-state index is 3.95. The van der Waals surface area contributed by atoms with E-state index in [2.05, 4.69) is 6.58 Å². The highest BCUT2D eigenvalue weighted by Gasteiger charge is 2.45. The van der Waals surface area contributed by atoms with Gasteiger partial charge in [0.2, 0.25) is 0 Å². The molecule has 0 aromatic carbocycles. The normalized spacial score (nSPS) is 46.6. The Morgan fingerprint density at radius 2 is 1.86 bits per heavy atom. The molecule has 0 saturated heterocycles. The molecule has 0 bridgehead atoms. The second-order valence-corrected chi connectivity index (χ2v) is 2.72. The predicted octanol–water partition coefficient (Wildman–Crippen LogP) is 1.97. The summed E-state index contributed by atoms with van der Waals surface area (Å²) in [5.41, 5.74) is 1.55. The van der Waals surface area contributed by atoms with Crippen LogP contribution in [0.1, 0.15) is 19.3 Å². The summed E-state index contributed by atoms with van der Waals surface area (Å²) in [7, 11) is 0. The van der Waals surface area contributed by atoms with Crippen LogP contribution in [0.5, 0.6) is 0 Å². The third-order valence-corrected chi connectivity index (χ3v) is 2.36. The fourth-order valence-electron chi connectivity index (χ4n) is 1.78. The molecule has 0 heteroatoms. The molecule has 38 valence electrons. The highest BCUT2D eigenvalue weighted by atomic mass is 14.5. The maximum atomic E-state index is 3.95. The van der Waals surface area contributed by atoms with Gasteiger partial charge in [0.05, 0.1) is 0 Å². The van der Waals surface area contributed by atoms with E-state index < -0.39 is 0 Å². The van der Waals surface area contributed by atoms with Gasteiger partial charge in [-0.2, -0.15) is 0 Å². The van der Waals surface area contributed by atoms with Crippen LogP contribution in [0.2, 0.25) is 0 Å². The molecule has 7 heavy (non-hydrogen) atoms. The topological polar surface area (TPSA) is 0 Å². The Balaban J connectivity index is 2.19. The minimum atomic E-state index is 0.986. The van der Waals surface area contributed by atoms with E-state index in [0.29, 0.717) is 0 Å². The molecule has 0 aromatic rings. The van der Waals surface area contributed by atoms with Crippen molar-refractivity contribution < 1.29 is 0 Å². The summed E-state index contributed by atoms with van der Waals surface area (Å²) in [4.78, 5) is 0. The summed E-state index contributed by atoms with van der Waals surface area (Å²) < 4.78 is 0. The van der Waals surface area contributed by atoms with Gasteiger partial charge in [0.25, 0.3) is 0 Å². The van der Waals surface area contributed by atoms with Crippen molar-refractivity contribution in [3.8, 4) is 0 Å². The quantitative estimate of drug-likeness (QED) is 0.402. The minimum absolute atomic E-state index is 0.986. The molecule has 2 fully saturated rings. The Kier molecular flexibility index (Phi) is 0.495. The first-order valence-electron chi connectivity index (χ1n) is 3.08. The van der Waals surface area contributed by atoms with E-state index in [1.54, 1.807) is 5.57 Å². The van der Waals surface area contributed by atoms with E-state index in [0.717, 1.165) is 11.8 Å². The van der Waals surface area contributed by atoms with E-state index in [1.807, 2.05) is 0 Å². The lowest BCUT2D eigenvalue weighted by Gasteiger charge is -1.84. The predicted molar refractivity (Wildman–Crippen MR) is 30.0 cm³/mol. The minimum Gasteiger partial charge on any atom is -0.0993 e. The lowest BCUT2D eigenvalue weighted by atomic mass is 10.2. The van der Waals surface area contributed by atoms with E-state index in [-0.39, 0.29) is 0 Å². The lowest BCUT2D eigenvalue weighted by molar-refractivity contribution is 0.794. The molecule has 0 spiro atoms. The molecule has 0 nitrogen and oxygen atoms in total. The third kappa shape index (κ3) is 0.324. The van der Waals surface area contributed by atoms with Gasteiger partial charge in [-0.15, -0.1) is 0 Å². The summed E-state index contributed by atoms with van der Waals surface area (Å²) >= 11 is 0. The van der Waals surface area contributed by atoms with Gasteiger partial charge < -0.3 is 0 Å². The van der Waals surface area contributed by atoms with Gasteiger partial charge in [-0.05, 0) is 24.7 Å². The van der Waals surface area contributed by atoms with E-state index in [1.165, 1.54) is 19.3 Å². The molecule has 0 aliphatic heterocycles. The van der Waals surface area contributed by atoms with Crippen molar-refractivity contribution in [2.45, 2.75) is 19.3 Å². The SMILES string of the molecule is C=C1C2CCCC12. The molecule has 2 rings (SSSR count). The maximum Gasteiger partial charge on any atom is -0.0137 e. The van der Waals surface area contributed by atoms with Gasteiger partial charge in [-0.25, -0.2) is 0 Å². The zero-order valence-corrected chi connectivity index (χ0v) is 4.48. The first-order chi connectivity index (χ1) is 3.39. The van der Waals surface area contributed by atoms with Crippen LogP contribution in [-0.4, -0.2) is 0 Å². The van der Waals surface area contributed by atoms with Gasteiger partial charge in [0.15, 0.2) is 0 Å². The van der Waals surface area contributed by atoms with Crippen molar-refractivity contribution in [3.05, 3.63) is 12.2 Å². The Hall–Kier alpha value is -0.260. The van der Waals surface area contributed by atoms with Crippen LogP contribution in [0.25, 0.3) is 0 Å². The van der Waals surface area contributed by atoms with Gasteiger partial charge in [0.1, 0.15) is 0 Å². The highest BCUT2D eigenvalue weighted by Crippen LogP contribution is 2.55. The first kappa shape index (κ1) is 3.71. The molecule has 2 unspecified atom stereocenters. The highest BCUT2D eigenvalue weighted by molar-refractivity contribution is 5.28. The Bertz CT molecular complexity index is 101. The summed E-state index contributed by atoms with van der Waals surface area (Å²) in [6.07, 6.45) is 4.36. The number of hydrogen-bond donors (Lipinski definition) is 0. The van der Waals surface area contributed by atoms with Gasteiger partial charge in [-0.1, -0.05) is 18.6 Å². The molecule has 2 aliphatic carbocycles. The van der Waals surface area contributed by atoms with Crippen molar-refractivity contribution in [3.63, 3.8) is 0 Å². The second-order valence-electron chi connectivity index (χ2n) is 2.72. The van der Waals surface area contributed by atoms with Crippen molar-refractivity contribution in [1.29, 1.82) is 0 Å². The molecule has 0 aromatic heterocycles. The number of hydrogen-bond acceptors (Lipinski definition) is 0. The summed E-state index contributed by atoms with van der Waals surface area (Å²) in [6, 6.07) is 0. The number of rotatable bonds is 0. The Morgan fingerprint density at radius 1 is 1.29 bits per heavy atom. The van der Waals surface area contributed by atoms with Crippen molar-refractivity contribution in [1.82, 2.24) is 0 Å². The third-order valence-electron chi connectivity index (χ3n) is 2.36. The summed E-state index contributed by atoms with van der Waals surface area (Å²) in [6.45, 7) is 3.95. The lowest BCUT2D eigenvalue weighted by Crippen LogP contribution is -1.67. The zero-order chi connectivity index (χ0) is 4.85. The zero-order valence-electron chi connectivity index (χ0n) is 4.48. The molecule has 2 aliphatic rings. The van der Waals surface area contributed by atoms with Crippen molar-refractivity contribution >= 4 is 0 Å². The van der Waals surface area contributed by atoms with Gasteiger partial charge in [-0.3, -0.25) is 0 Å². The Labute approximate surface area is 44.2 Å². The monoisotopic (exact) mass is 94.1 g/mol. The summed E-state index contributed by atoms with van der Waals surface area (Å²) in [5, 5.41) is 0. The van der Waals surface area contributed by atoms with E-state index in [9.17, 15) is 0 Å². The molecule has 0 radical (unpaired) electrons. The van der Waals surface area contributed by atoms with E-state index >= 15 is 0 Å². The fraction of sp³-hybridized carbons (Fsp3) is 0.714. The standard InChI is InChI=1S/C7H10/c1-5-6-3-2-4-7(5)6/h6-7H,1-4H2. The molecule has 2 atom stereocenters. The summed E-state index contributed by atoms with van der Waals surface area (Å²) in [5.74, 6) is 1.97. The van der Waals surface area contributed by atoms with Gasteiger partial charge >= 0.3 is 0 Å².